The van der Waals surface area contributed by atoms with E-state index in [2.05, 4.69) is 21.0 Å². The quantitative estimate of drug-likeness (QED) is 0.892. The Kier molecular flexibility index (Phi) is 2.54. The lowest BCUT2D eigenvalue weighted by Crippen LogP contribution is -1.99. The van der Waals surface area contributed by atoms with Crippen molar-refractivity contribution in [2.24, 2.45) is 0 Å². The molecule has 0 saturated heterocycles. The number of aromatic nitrogens is 2. The van der Waals surface area contributed by atoms with Crippen LogP contribution < -0.4 is 0 Å². The average molecular weight is 253 g/mol. The van der Waals surface area contributed by atoms with Crippen molar-refractivity contribution in [1.29, 1.82) is 0 Å². The highest BCUT2D eigenvalue weighted by Gasteiger charge is 1.98. The Morgan fingerprint density at radius 3 is 2.93 bits per heavy atom. The van der Waals surface area contributed by atoms with E-state index in [1.54, 1.807) is 23.0 Å². The lowest BCUT2D eigenvalue weighted by molar-refractivity contribution is 0.474. The molecule has 3 nitrogen and oxygen atoms in total. The highest BCUT2D eigenvalue weighted by atomic mass is 79.9. The van der Waals surface area contributed by atoms with Crippen LogP contribution in [0.2, 0.25) is 0 Å². The molecule has 0 fully saturated rings. The van der Waals surface area contributed by atoms with Gasteiger partial charge < -0.3 is 5.11 Å². The Hall–Kier alpha value is -1.29. The maximum atomic E-state index is 9.26. The molecule has 14 heavy (non-hydrogen) atoms. The Labute approximate surface area is 90.1 Å². The van der Waals surface area contributed by atoms with Crippen molar-refractivity contribution < 1.29 is 5.11 Å². The van der Waals surface area contributed by atoms with Gasteiger partial charge in [0.05, 0.1) is 17.2 Å². The van der Waals surface area contributed by atoms with E-state index in [0.29, 0.717) is 6.54 Å². The topological polar surface area (TPSA) is 38.0 Å². The van der Waals surface area contributed by atoms with Crippen LogP contribution in [0, 0.1) is 0 Å². The summed E-state index contributed by atoms with van der Waals surface area (Å²) in [5.41, 5.74) is 1.03. The second-order valence-corrected chi connectivity index (χ2v) is 3.94. The molecule has 0 aliphatic rings. The molecule has 0 unspecified atom stereocenters. The summed E-state index contributed by atoms with van der Waals surface area (Å²) in [7, 11) is 0. The van der Waals surface area contributed by atoms with Gasteiger partial charge in [-0.2, -0.15) is 5.10 Å². The molecular weight excluding hydrogens is 244 g/mol. The zero-order valence-electron chi connectivity index (χ0n) is 7.39. The van der Waals surface area contributed by atoms with E-state index in [1.165, 1.54) is 0 Å². The Morgan fingerprint density at radius 2 is 2.29 bits per heavy atom. The average Bonchev–Trinajstić information content (AvgIpc) is 2.51. The number of phenolic OH excluding ortho intramolecular Hbond substituents is 1. The minimum Gasteiger partial charge on any atom is -0.508 e. The van der Waals surface area contributed by atoms with Crippen LogP contribution in [0.3, 0.4) is 0 Å². The Balaban J connectivity index is 2.18. The summed E-state index contributed by atoms with van der Waals surface area (Å²) >= 11 is 3.33. The van der Waals surface area contributed by atoms with Gasteiger partial charge in [0.2, 0.25) is 0 Å². The summed E-state index contributed by atoms with van der Waals surface area (Å²) in [4.78, 5) is 0. The second kappa shape index (κ2) is 3.84. The summed E-state index contributed by atoms with van der Waals surface area (Å²) in [5.74, 6) is 0.286. The molecular formula is C10H9BrN2O. The summed E-state index contributed by atoms with van der Waals surface area (Å²) in [6, 6.07) is 7.16. The zero-order valence-corrected chi connectivity index (χ0v) is 8.98. The first kappa shape index (κ1) is 9.27. The number of phenols is 1. The summed E-state index contributed by atoms with van der Waals surface area (Å²) in [6.07, 6.45) is 3.63. The predicted octanol–water partition coefficient (Wildman–Crippen LogP) is 2.40. The van der Waals surface area contributed by atoms with E-state index in [4.69, 9.17) is 0 Å². The van der Waals surface area contributed by atoms with Gasteiger partial charge in [-0.25, -0.2) is 0 Å². The minimum atomic E-state index is 0.286. The lowest BCUT2D eigenvalue weighted by atomic mass is 10.2. The molecule has 0 saturated carbocycles. The van der Waals surface area contributed by atoms with E-state index in [0.717, 1.165) is 10.0 Å². The fourth-order valence-corrected chi connectivity index (χ4v) is 1.59. The largest absolute Gasteiger partial charge is 0.508 e. The number of hydrogen-bond donors (Lipinski definition) is 1. The van der Waals surface area contributed by atoms with Crippen molar-refractivity contribution in [1.82, 2.24) is 9.78 Å². The third-order valence-corrected chi connectivity index (χ3v) is 2.27. The Morgan fingerprint density at radius 1 is 1.43 bits per heavy atom. The predicted molar refractivity (Wildman–Crippen MR) is 57.1 cm³/mol. The van der Waals surface area contributed by atoms with Gasteiger partial charge in [0.15, 0.2) is 0 Å². The number of halogens is 1. The molecule has 0 spiro atoms. The normalized spacial score (nSPS) is 10.4. The molecule has 0 atom stereocenters. The van der Waals surface area contributed by atoms with Crippen LogP contribution in [-0.4, -0.2) is 14.9 Å². The molecule has 1 N–H and O–H groups in total. The van der Waals surface area contributed by atoms with Gasteiger partial charge in [-0.3, -0.25) is 4.68 Å². The maximum Gasteiger partial charge on any atom is 0.115 e. The number of rotatable bonds is 2. The maximum absolute atomic E-state index is 9.26. The van der Waals surface area contributed by atoms with E-state index in [-0.39, 0.29) is 5.75 Å². The minimum absolute atomic E-state index is 0.286. The van der Waals surface area contributed by atoms with Crippen LogP contribution in [0.4, 0.5) is 0 Å². The van der Waals surface area contributed by atoms with Crippen molar-refractivity contribution in [2.75, 3.05) is 0 Å². The lowest BCUT2D eigenvalue weighted by Gasteiger charge is -2.01. The number of hydrogen-bond acceptors (Lipinski definition) is 2. The van der Waals surface area contributed by atoms with Crippen LogP contribution in [0.1, 0.15) is 5.56 Å². The first-order valence-corrected chi connectivity index (χ1v) is 4.99. The fraction of sp³-hybridized carbons (Fsp3) is 0.100. The molecule has 0 amide bonds. The van der Waals surface area contributed by atoms with Crippen molar-refractivity contribution in [3.63, 3.8) is 0 Å². The van der Waals surface area contributed by atoms with Crippen LogP contribution in [-0.2, 0) is 6.54 Å². The number of nitrogens with zero attached hydrogens (tertiary/aromatic N) is 2. The molecule has 1 aromatic carbocycles. The highest BCUT2D eigenvalue weighted by molar-refractivity contribution is 9.10. The first-order chi connectivity index (χ1) is 6.74. The molecule has 0 radical (unpaired) electrons. The third-order valence-electron chi connectivity index (χ3n) is 1.86. The fourth-order valence-electron chi connectivity index (χ4n) is 1.27. The van der Waals surface area contributed by atoms with Crippen molar-refractivity contribution >= 4 is 15.9 Å². The molecule has 4 heteroatoms. The van der Waals surface area contributed by atoms with Crippen LogP contribution in [0.15, 0.2) is 41.1 Å². The van der Waals surface area contributed by atoms with Gasteiger partial charge in [0, 0.05) is 6.20 Å². The van der Waals surface area contributed by atoms with Crippen molar-refractivity contribution in [2.45, 2.75) is 6.54 Å². The van der Waals surface area contributed by atoms with Gasteiger partial charge >= 0.3 is 0 Å². The highest BCUT2D eigenvalue weighted by Crippen LogP contribution is 2.13. The Bertz CT molecular complexity index is 439. The third kappa shape index (κ3) is 2.14. The first-order valence-electron chi connectivity index (χ1n) is 4.20. The van der Waals surface area contributed by atoms with Crippen LogP contribution in [0.5, 0.6) is 5.75 Å². The van der Waals surface area contributed by atoms with Gasteiger partial charge in [-0.1, -0.05) is 12.1 Å². The molecule has 1 heterocycles. The van der Waals surface area contributed by atoms with E-state index in [1.807, 2.05) is 18.3 Å². The van der Waals surface area contributed by atoms with Crippen LogP contribution in [0.25, 0.3) is 0 Å². The molecule has 0 aliphatic carbocycles. The van der Waals surface area contributed by atoms with Crippen molar-refractivity contribution in [3.8, 4) is 5.75 Å². The number of aromatic hydroxyl groups is 1. The van der Waals surface area contributed by atoms with E-state index in [9.17, 15) is 5.11 Å². The molecule has 0 aliphatic heterocycles. The SMILES string of the molecule is Oc1cccc(Cn2cc(Br)cn2)c1. The molecule has 0 bridgehead atoms. The van der Waals surface area contributed by atoms with E-state index < -0.39 is 0 Å². The molecule has 72 valence electrons. The van der Waals surface area contributed by atoms with Gasteiger partial charge in [-0.05, 0) is 33.6 Å². The van der Waals surface area contributed by atoms with Crippen LogP contribution >= 0.6 is 15.9 Å². The molecule has 1 aromatic heterocycles. The summed E-state index contributed by atoms with van der Waals surface area (Å²) in [6.45, 7) is 0.667. The second-order valence-electron chi connectivity index (χ2n) is 3.03. The standard InChI is InChI=1S/C10H9BrN2O/c11-9-5-12-13(7-9)6-8-2-1-3-10(14)4-8/h1-5,7,14H,6H2. The monoisotopic (exact) mass is 252 g/mol. The zero-order chi connectivity index (χ0) is 9.97. The summed E-state index contributed by atoms with van der Waals surface area (Å²) < 4.78 is 2.76. The summed E-state index contributed by atoms with van der Waals surface area (Å²) in [5, 5.41) is 13.4. The van der Waals surface area contributed by atoms with E-state index >= 15 is 0 Å². The molecule has 2 aromatic rings. The van der Waals surface area contributed by atoms with Gasteiger partial charge in [0.25, 0.3) is 0 Å². The van der Waals surface area contributed by atoms with Gasteiger partial charge in [-0.15, -0.1) is 0 Å². The van der Waals surface area contributed by atoms with Gasteiger partial charge in [0.1, 0.15) is 5.75 Å². The molecule has 2 rings (SSSR count). The smallest absolute Gasteiger partial charge is 0.115 e. The number of benzene rings is 1. The van der Waals surface area contributed by atoms with Crippen molar-refractivity contribution in [3.05, 3.63) is 46.7 Å².